The van der Waals surface area contributed by atoms with Crippen molar-refractivity contribution < 1.29 is 0 Å². The quantitative estimate of drug-likeness (QED) is 0.649. The molecule has 0 aromatic heterocycles. The Morgan fingerprint density at radius 2 is 2.08 bits per heavy atom. The lowest BCUT2D eigenvalue weighted by Gasteiger charge is -2.07. The molecule has 0 heterocycles. The molecule has 62 valence electrons. The molecule has 0 N–H and O–H groups in total. The van der Waals surface area contributed by atoms with E-state index >= 15 is 0 Å². The Morgan fingerprint density at radius 1 is 1.42 bits per heavy atom. The SMILES string of the molecule is CC(C)c1cc(Cl)ccc1C#N. The minimum atomic E-state index is 0.346. The normalized spacial score (nSPS) is 9.92. The van der Waals surface area contributed by atoms with Crippen molar-refractivity contribution >= 4 is 11.6 Å². The monoisotopic (exact) mass is 179 g/mol. The van der Waals surface area contributed by atoms with Crippen molar-refractivity contribution in [1.82, 2.24) is 0 Å². The second-order valence-corrected chi connectivity index (χ2v) is 3.43. The molecule has 0 aliphatic carbocycles. The first kappa shape index (κ1) is 9.09. The number of hydrogen-bond donors (Lipinski definition) is 0. The molecule has 0 unspecified atom stereocenters. The molecule has 1 rings (SSSR count). The molecule has 1 aromatic carbocycles. The molecule has 0 amide bonds. The number of nitriles is 1. The van der Waals surface area contributed by atoms with Crippen LogP contribution in [0.1, 0.15) is 30.9 Å². The van der Waals surface area contributed by atoms with Gasteiger partial charge in [-0.3, -0.25) is 0 Å². The Bertz CT molecular complexity index is 323. The van der Waals surface area contributed by atoms with Gasteiger partial charge in [-0.2, -0.15) is 5.26 Å². The second-order valence-electron chi connectivity index (χ2n) is 3.00. The first-order chi connectivity index (χ1) is 5.65. The molecule has 0 spiro atoms. The van der Waals surface area contributed by atoms with E-state index < -0.39 is 0 Å². The average molecular weight is 180 g/mol. The van der Waals surface area contributed by atoms with Gasteiger partial charge in [0.1, 0.15) is 0 Å². The Labute approximate surface area is 77.6 Å². The number of nitrogens with zero attached hydrogens (tertiary/aromatic N) is 1. The fraction of sp³-hybridized carbons (Fsp3) is 0.300. The second kappa shape index (κ2) is 3.60. The van der Waals surface area contributed by atoms with Gasteiger partial charge in [-0.05, 0) is 29.7 Å². The van der Waals surface area contributed by atoms with Crippen molar-refractivity contribution in [3.8, 4) is 6.07 Å². The summed E-state index contributed by atoms with van der Waals surface area (Å²) in [4.78, 5) is 0. The number of hydrogen-bond acceptors (Lipinski definition) is 1. The zero-order chi connectivity index (χ0) is 9.14. The number of benzene rings is 1. The van der Waals surface area contributed by atoms with E-state index in [0.717, 1.165) is 11.1 Å². The van der Waals surface area contributed by atoms with Gasteiger partial charge in [-0.25, -0.2) is 0 Å². The molecule has 1 aromatic rings. The van der Waals surface area contributed by atoms with E-state index in [1.165, 1.54) is 0 Å². The zero-order valence-corrected chi connectivity index (χ0v) is 7.89. The van der Waals surface area contributed by atoms with Crippen LogP contribution < -0.4 is 0 Å². The van der Waals surface area contributed by atoms with Crippen LogP contribution in [0.15, 0.2) is 18.2 Å². The van der Waals surface area contributed by atoms with Gasteiger partial charge >= 0.3 is 0 Å². The molecule has 0 saturated heterocycles. The van der Waals surface area contributed by atoms with Crippen LogP contribution in [-0.4, -0.2) is 0 Å². The van der Waals surface area contributed by atoms with Gasteiger partial charge in [-0.15, -0.1) is 0 Å². The van der Waals surface area contributed by atoms with E-state index in [1.807, 2.05) is 19.9 Å². The largest absolute Gasteiger partial charge is 0.192 e. The molecule has 1 nitrogen and oxygen atoms in total. The van der Waals surface area contributed by atoms with E-state index in [0.29, 0.717) is 10.9 Å². The summed E-state index contributed by atoms with van der Waals surface area (Å²) >= 11 is 5.81. The Balaban J connectivity index is 3.24. The first-order valence-electron chi connectivity index (χ1n) is 3.84. The Hall–Kier alpha value is -1.00. The highest BCUT2D eigenvalue weighted by atomic mass is 35.5. The van der Waals surface area contributed by atoms with Gasteiger partial charge in [0.05, 0.1) is 11.6 Å². The molecule has 12 heavy (non-hydrogen) atoms. The van der Waals surface area contributed by atoms with Crippen molar-refractivity contribution in [1.29, 1.82) is 5.26 Å². The topological polar surface area (TPSA) is 23.8 Å². The van der Waals surface area contributed by atoms with E-state index in [9.17, 15) is 0 Å². The lowest BCUT2D eigenvalue weighted by molar-refractivity contribution is 0.862. The standard InChI is InChI=1S/C10H10ClN/c1-7(2)10-5-9(11)4-3-8(10)6-12/h3-5,7H,1-2H3. The zero-order valence-electron chi connectivity index (χ0n) is 7.13. The smallest absolute Gasteiger partial charge is 0.0994 e. The third-order valence-electron chi connectivity index (χ3n) is 1.76. The third kappa shape index (κ3) is 1.78. The summed E-state index contributed by atoms with van der Waals surface area (Å²) in [5.41, 5.74) is 1.74. The molecule has 0 fully saturated rings. The van der Waals surface area contributed by atoms with Gasteiger partial charge in [-0.1, -0.05) is 25.4 Å². The summed E-state index contributed by atoms with van der Waals surface area (Å²) in [6.45, 7) is 4.10. The van der Waals surface area contributed by atoms with Gasteiger partial charge in [0.2, 0.25) is 0 Å². The molecule has 0 aliphatic rings. The average Bonchev–Trinajstić information content (AvgIpc) is 2.04. The van der Waals surface area contributed by atoms with E-state index in [4.69, 9.17) is 16.9 Å². The minimum Gasteiger partial charge on any atom is -0.192 e. The van der Waals surface area contributed by atoms with E-state index in [-0.39, 0.29) is 0 Å². The predicted octanol–water partition coefficient (Wildman–Crippen LogP) is 3.34. The van der Waals surface area contributed by atoms with Crippen LogP contribution in [-0.2, 0) is 0 Å². The lowest BCUT2D eigenvalue weighted by Crippen LogP contribution is -1.91. The molecule has 0 aliphatic heterocycles. The van der Waals surface area contributed by atoms with E-state index in [1.54, 1.807) is 12.1 Å². The fourth-order valence-corrected chi connectivity index (χ4v) is 1.29. The van der Waals surface area contributed by atoms with Gasteiger partial charge in [0.25, 0.3) is 0 Å². The number of rotatable bonds is 1. The third-order valence-corrected chi connectivity index (χ3v) is 1.99. The molecule has 0 radical (unpaired) electrons. The first-order valence-corrected chi connectivity index (χ1v) is 4.22. The van der Waals surface area contributed by atoms with Crippen molar-refractivity contribution in [2.24, 2.45) is 0 Å². The molecule has 0 atom stereocenters. The summed E-state index contributed by atoms with van der Waals surface area (Å²) in [5.74, 6) is 0.346. The lowest BCUT2D eigenvalue weighted by atomic mass is 9.98. The predicted molar refractivity (Wildman–Crippen MR) is 50.3 cm³/mol. The van der Waals surface area contributed by atoms with Gasteiger partial charge < -0.3 is 0 Å². The molecule has 0 bridgehead atoms. The summed E-state index contributed by atoms with van der Waals surface area (Å²) in [6.07, 6.45) is 0. The van der Waals surface area contributed by atoms with Crippen LogP contribution in [0.2, 0.25) is 5.02 Å². The maximum Gasteiger partial charge on any atom is 0.0994 e. The van der Waals surface area contributed by atoms with E-state index in [2.05, 4.69) is 6.07 Å². The minimum absolute atomic E-state index is 0.346. The van der Waals surface area contributed by atoms with Crippen LogP contribution in [0, 0.1) is 11.3 Å². The highest BCUT2D eigenvalue weighted by molar-refractivity contribution is 6.30. The summed E-state index contributed by atoms with van der Waals surface area (Å²) in [6, 6.07) is 7.50. The Morgan fingerprint density at radius 3 is 2.58 bits per heavy atom. The number of halogens is 1. The van der Waals surface area contributed by atoms with Crippen LogP contribution in [0.4, 0.5) is 0 Å². The van der Waals surface area contributed by atoms with Crippen molar-refractivity contribution in [3.05, 3.63) is 34.3 Å². The Kier molecular flexibility index (Phi) is 2.73. The van der Waals surface area contributed by atoms with Gasteiger partial charge in [0.15, 0.2) is 0 Å². The maximum absolute atomic E-state index is 8.77. The van der Waals surface area contributed by atoms with Crippen LogP contribution in [0.5, 0.6) is 0 Å². The van der Waals surface area contributed by atoms with Crippen molar-refractivity contribution in [2.45, 2.75) is 19.8 Å². The molecule has 0 saturated carbocycles. The highest BCUT2D eigenvalue weighted by Gasteiger charge is 2.05. The van der Waals surface area contributed by atoms with Gasteiger partial charge in [0, 0.05) is 5.02 Å². The van der Waals surface area contributed by atoms with Crippen LogP contribution in [0.3, 0.4) is 0 Å². The van der Waals surface area contributed by atoms with Crippen molar-refractivity contribution in [3.63, 3.8) is 0 Å². The summed E-state index contributed by atoms with van der Waals surface area (Å²) in [7, 11) is 0. The maximum atomic E-state index is 8.77. The van der Waals surface area contributed by atoms with Crippen LogP contribution in [0.25, 0.3) is 0 Å². The summed E-state index contributed by atoms with van der Waals surface area (Å²) in [5, 5.41) is 9.46. The molecular weight excluding hydrogens is 170 g/mol. The van der Waals surface area contributed by atoms with Crippen LogP contribution >= 0.6 is 11.6 Å². The molecular formula is C10H10ClN. The molecule has 2 heteroatoms. The summed E-state index contributed by atoms with van der Waals surface area (Å²) < 4.78 is 0. The highest BCUT2D eigenvalue weighted by Crippen LogP contribution is 2.22. The van der Waals surface area contributed by atoms with Crippen molar-refractivity contribution in [2.75, 3.05) is 0 Å². The fourth-order valence-electron chi connectivity index (χ4n) is 1.11.